The largest absolute Gasteiger partial charge is 0.480 e. The zero-order valence-corrected chi connectivity index (χ0v) is 10.1. The number of aliphatic carboxylic acids is 1. The molecule has 2 N–H and O–H groups in total. The molecule has 1 unspecified atom stereocenters. The molecule has 0 aromatic carbocycles. The molecule has 1 aliphatic heterocycles. The molecule has 1 aliphatic rings. The first kappa shape index (κ1) is 13.6. The van der Waals surface area contributed by atoms with Crippen LogP contribution < -0.4 is 5.32 Å². The molecule has 0 aromatic heterocycles. The molecule has 1 fully saturated rings. The van der Waals surface area contributed by atoms with Gasteiger partial charge < -0.3 is 5.11 Å². The number of imide groups is 1. The molecule has 0 spiro atoms. The Labute approximate surface area is 100.0 Å². The van der Waals surface area contributed by atoms with Crippen molar-refractivity contribution in [3.63, 3.8) is 0 Å². The predicted octanol–water partition coefficient (Wildman–Crippen LogP) is -0.0233. The maximum atomic E-state index is 11.9. The van der Waals surface area contributed by atoms with Crippen LogP contribution in [-0.2, 0) is 14.4 Å². The van der Waals surface area contributed by atoms with Gasteiger partial charge in [-0.2, -0.15) is 0 Å². The molecule has 1 rings (SSSR count). The molecular formula is C11H18N2O4. The number of carboxylic acid groups (broad SMARTS) is 1. The van der Waals surface area contributed by atoms with E-state index in [9.17, 15) is 14.4 Å². The van der Waals surface area contributed by atoms with E-state index in [1.807, 2.05) is 13.8 Å². The van der Waals surface area contributed by atoms with Gasteiger partial charge in [0, 0.05) is 6.04 Å². The van der Waals surface area contributed by atoms with Gasteiger partial charge in [0.25, 0.3) is 0 Å². The highest BCUT2D eigenvalue weighted by Gasteiger charge is 2.41. The van der Waals surface area contributed by atoms with Gasteiger partial charge in [0.1, 0.15) is 0 Å². The minimum atomic E-state index is -1.04. The number of likely N-dealkylation sites (tertiary alicyclic amines) is 1. The number of amides is 2. The van der Waals surface area contributed by atoms with Crippen molar-refractivity contribution >= 4 is 17.8 Å². The number of nitrogens with zero attached hydrogens (tertiary/aromatic N) is 1. The van der Waals surface area contributed by atoms with Crippen LogP contribution in [0.25, 0.3) is 0 Å². The fourth-order valence-electron chi connectivity index (χ4n) is 2.06. The molecule has 6 heteroatoms. The van der Waals surface area contributed by atoms with Crippen LogP contribution in [0.2, 0.25) is 0 Å². The summed E-state index contributed by atoms with van der Waals surface area (Å²) in [5.41, 5.74) is 0. The summed E-state index contributed by atoms with van der Waals surface area (Å²) in [7, 11) is 0. The second kappa shape index (κ2) is 5.77. The van der Waals surface area contributed by atoms with Gasteiger partial charge in [-0.25, -0.2) is 0 Å². The van der Waals surface area contributed by atoms with E-state index in [0.717, 1.165) is 12.8 Å². The average molecular weight is 242 g/mol. The number of rotatable bonds is 6. The van der Waals surface area contributed by atoms with E-state index in [1.54, 1.807) is 0 Å². The van der Waals surface area contributed by atoms with Crippen molar-refractivity contribution in [2.75, 3.05) is 6.54 Å². The van der Waals surface area contributed by atoms with E-state index in [4.69, 9.17) is 5.11 Å². The summed E-state index contributed by atoms with van der Waals surface area (Å²) in [6.45, 7) is 3.54. The third-order valence-electron chi connectivity index (χ3n) is 2.99. The van der Waals surface area contributed by atoms with Crippen molar-refractivity contribution in [1.29, 1.82) is 0 Å². The van der Waals surface area contributed by atoms with Crippen molar-refractivity contribution in [1.82, 2.24) is 10.2 Å². The Morgan fingerprint density at radius 3 is 2.53 bits per heavy atom. The summed E-state index contributed by atoms with van der Waals surface area (Å²) >= 11 is 0. The zero-order chi connectivity index (χ0) is 13.0. The molecular weight excluding hydrogens is 224 g/mol. The monoisotopic (exact) mass is 242 g/mol. The Morgan fingerprint density at radius 1 is 1.47 bits per heavy atom. The molecule has 17 heavy (non-hydrogen) atoms. The number of carbonyl (C=O) groups excluding carboxylic acids is 2. The van der Waals surface area contributed by atoms with Crippen LogP contribution in [0.15, 0.2) is 0 Å². The van der Waals surface area contributed by atoms with Crippen LogP contribution in [0.1, 0.15) is 33.1 Å². The molecule has 1 heterocycles. The molecule has 0 aromatic rings. The third-order valence-corrected chi connectivity index (χ3v) is 2.99. The van der Waals surface area contributed by atoms with Crippen LogP contribution in [-0.4, -0.2) is 46.4 Å². The maximum absolute atomic E-state index is 11.9. The Kier molecular flexibility index (Phi) is 4.62. The highest BCUT2D eigenvalue weighted by Crippen LogP contribution is 2.19. The molecule has 1 atom stereocenters. The second-order valence-electron chi connectivity index (χ2n) is 4.10. The summed E-state index contributed by atoms with van der Waals surface area (Å²) in [5.74, 6) is -1.55. The number of carboxylic acids is 1. The molecule has 6 nitrogen and oxygen atoms in total. The van der Waals surface area contributed by atoms with Crippen LogP contribution >= 0.6 is 0 Å². The molecule has 96 valence electrons. The lowest BCUT2D eigenvalue weighted by atomic mass is 10.1. The van der Waals surface area contributed by atoms with Crippen LogP contribution in [0.5, 0.6) is 0 Å². The highest BCUT2D eigenvalue weighted by atomic mass is 16.4. The Bertz CT molecular complexity index is 325. The Hall–Kier alpha value is -1.43. The molecule has 0 bridgehead atoms. The van der Waals surface area contributed by atoms with Crippen molar-refractivity contribution < 1.29 is 19.5 Å². The van der Waals surface area contributed by atoms with Crippen molar-refractivity contribution in [2.24, 2.45) is 0 Å². The molecule has 0 saturated carbocycles. The van der Waals surface area contributed by atoms with Crippen LogP contribution in [0, 0.1) is 0 Å². The van der Waals surface area contributed by atoms with Gasteiger partial charge in [-0.15, -0.1) is 0 Å². The second-order valence-corrected chi connectivity index (χ2v) is 4.10. The number of nitrogens with one attached hydrogen (secondary N) is 1. The first-order valence-corrected chi connectivity index (χ1v) is 5.82. The van der Waals surface area contributed by atoms with Crippen molar-refractivity contribution in [3.8, 4) is 0 Å². The summed E-state index contributed by atoms with van der Waals surface area (Å²) in [6.07, 6.45) is 1.50. The van der Waals surface area contributed by atoms with E-state index < -0.39 is 12.0 Å². The van der Waals surface area contributed by atoms with E-state index in [1.165, 1.54) is 4.90 Å². The highest BCUT2D eigenvalue weighted by molar-refractivity contribution is 6.06. The lowest BCUT2D eigenvalue weighted by Gasteiger charge is -2.24. The molecule has 1 saturated heterocycles. The SMILES string of the molecule is CCC(CC)N1C(=O)CC(NCC(=O)O)C1=O. The summed E-state index contributed by atoms with van der Waals surface area (Å²) in [5, 5.41) is 11.1. The first-order chi connectivity index (χ1) is 8.01. The lowest BCUT2D eigenvalue weighted by Crippen LogP contribution is -2.44. The summed E-state index contributed by atoms with van der Waals surface area (Å²) in [4.78, 5) is 35.3. The predicted molar refractivity (Wildman–Crippen MR) is 60.3 cm³/mol. The first-order valence-electron chi connectivity index (χ1n) is 5.82. The summed E-state index contributed by atoms with van der Waals surface area (Å²) < 4.78 is 0. The quantitative estimate of drug-likeness (QED) is 0.639. The van der Waals surface area contributed by atoms with E-state index in [2.05, 4.69) is 5.32 Å². The van der Waals surface area contributed by atoms with Gasteiger partial charge in [-0.05, 0) is 12.8 Å². The topological polar surface area (TPSA) is 86.7 Å². The fraction of sp³-hybridized carbons (Fsp3) is 0.727. The summed E-state index contributed by atoms with van der Waals surface area (Å²) in [6, 6.07) is -0.758. The van der Waals surface area contributed by atoms with Gasteiger partial charge in [0.15, 0.2) is 0 Å². The van der Waals surface area contributed by atoms with Crippen molar-refractivity contribution in [3.05, 3.63) is 0 Å². The molecule has 2 amide bonds. The average Bonchev–Trinajstić information content (AvgIpc) is 2.55. The van der Waals surface area contributed by atoms with Crippen LogP contribution in [0.4, 0.5) is 0 Å². The molecule has 0 aliphatic carbocycles. The van der Waals surface area contributed by atoms with Crippen molar-refractivity contribution in [2.45, 2.75) is 45.2 Å². The van der Waals surface area contributed by atoms with Gasteiger partial charge in [-0.3, -0.25) is 24.6 Å². The number of carbonyl (C=O) groups is 3. The third kappa shape index (κ3) is 3.03. The Balaban J connectivity index is 2.67. The minimum Gasteiger partial charge on any atom is -0.480 e. The standard InChI is InChI=1S/C11H18N2O4/c1-3-7(4-2)13-9(14)5-8(11(13)17)12-6-10(15)16/h7-8,12H,3-6H2,1-2H3,(H,15,16). The van der Waals surface area contributed by atoms with Gasteiger partial charge in [0.05, 0.1) is 19.0 Å². The Morgan fingerprint density at radius 2 is 2.06 bits per heavy atom. The van der Waals surface area contributed by atoms with Gasteiger partial charge in [0.2, 0.25) is 11.8 Å². The van der Waals surface area contributed by atoms with E-state index in [0.29, 0.717) is 0 Å². The van der Waals surface area contributed by atoms with E-state index >= 15 is 0 Å². The van der Waals surface area contributed by atoms with Crippen LogP contribution in [0.3, 0.4) is 0 Å². The zero-order valence-electron chi connectivity index (χ0n) is 10.1. The lowest BCUT2D eigenvalue weighted by molar-refractivity contribution is -0.141. The smallest absolute Gasteiger partial charge is 0.317 e. The van der Waals surface area contributed by atoms with Gasteiger partial charge >= 0.3 is 5.97 Å². The van der Waals surface area contributed by atoms with E-state index in [-0.39, 0.29) is 30.8 Å². The minimum absolute atomic E-state index is 0.0581. The fourth-order valence-corrected chi connectivity index (χ4v) is 2.06. The number of hydrogen-bond acceptors (Lipinski definition) is 4. The maximum Gasteiger partial charge on any atom is 0.317 e. The number of hydrogen-bond donors (Lipinski definition) is 2. The molecule has 0 radical (unpaired) electrons. The normalized spacial score (nSPS) is 20.4. The van der Waals surface area contributed by atoms with Gasteiger partial charge in [-0.1, -0.05) is 13.8 Å².